The molecule has 0 saturated carbocycles. The second-order valence-corrected chi connectivity index (χ2v) is 15.4. The van der Waals surface area contributed by atoms with Crippen molar-refractivity contribution in [2.75, 3.05) is 41.5 Å². The summed E-state index contributed by atoms with van der Waals surface area (Å²) in [4.78, 5) is 71.4. The minimum Gasteiger partial charge on any atom is -0.467 e. The lowest BCUT2D eigenvalue weighted by molar-refractivity contribution is -0.149. The summed E-state index contributed by atoms with van der Waals surface area (Å²) in [7, 11) is 6.10. The van der Waals surface area contributed by atoms with Crippen molar-refractivity contribution in [3.8, 4) is 0 Å². The second kappa shape index (κ2) is 20.2. The molecule has 53 heavy (non-hydrogen) atoms. The van der Waals surface area contributed by atoms with Crippen LogP contribution < -0.4 is 16.0 Å². The SMILES string of the molecule is CC[C@H](C)[C@@H]([C@@H](CC(=O)N1CCC[C@H]1C(OC)[C@@H](C)C(=O)N[C@@H](Cc1ccccc1)C(=O)OC)OC)N(C)C(=O)[C@@H](NC(=O)[C@]1(C)CCCN1)C(C)C. The number of carbonyl (C=O) groups excluding carboxylic acids is 5. The van der Waals surface area contributed by atoms with E-state index in [0.717, 1.165) is 31.4 Å². The average Bonchev–Trinajstić information content (AvgIpc) is 3.83. The highest BCUT2D eigenvalue weighted by Gasteiger charge is 2.44. The lowest BCUT2D eigenvalue weighted by Crippen LogP contribution is -2.61. The molecule has 13 heteroatoms. The maximum absolute atomic E-state index is 14.2. The van der Waals surface area contributed by atoms with Crippen LogP contribution in [-0.4, -0.2) is 123 Å². The number of rotatable bonds is 19. The number of hydrogen-bond acceptors (Lipinski definition) is 9. The molecule has 0 aliphatic carbocycles. The zero-order chi connectivity index (χ0) is 39.5. The van der Waals surface area contributed by atoms with E-state index in [1.54, 1.807) is 30.9 Å². The number of likely N-dealkylation sites (N-methyl/N-ethyl adjacent to an activating group) is 1. The van der Waals surface area contributed by atoms with E-state index in [9.17, 15) is 24.0 Å². The Hall–Kier alpha value is -3.55. The van der Waals surface area contributed by atoms with Gasteiger partial charge in [-0.3, -0.25) is 19.2 Å². The van der Waals surface area contributed by atoms with Crippen LogP contribution in [0.5, 0.6) is 0 Å². The zero-order valence-electron chi connectivity index (χ0n) is 33.6. The molecular weight excluding hydrogens is 678 g/mol. The molecule has 2 heterocycles. The van der Waals surface area contributed by atoms with Crippen LogP contribution in [0, 0.1) is 17.8 Å². The van der Waals surface area contributed by atoms with Gasteiger partial charge in [0.15, 0.2) is 0 Å². The molecule has 0 bridgehead atoms. The second-order valence-electron chi connectivity index (χ2n) is 15.4. The summed E-state index contributed by atoms with van der Waals surface area (Å²) < 4.78 is 16.9. The van der Waals surface area contributed by atoms with Gasteiger partial charge in [-0.2, -0.15) is 0 Å². The van der Waals surface area contributed by atoms with Crippen molar-refractivity contribution in [1.82, 2.24) is 25.8 Å². The van der Waals surface area contributed by atoms with Gasteiger partial charge in [0.05, 0.1) is 49.3 Å². The first-order valence-electron chi connectivity index (χ1n) is 19.2. The number of nitrogens with zero attached hydrogens (tertiary/aromatic N) is 2. The van der Waals surface area contributed by atoms with E-state index < -0.39 is 47.8 Å². The highest BCUT2D eigenvalue weighted by molar-refractivity contribution is 5.92. The summed E-state index contributed by atoms with van der Waals surface area (Å²) in [6.07, 6.45) is 2.71. The molecule has 2 aliphatic rings. The molecule has 13 nitrogen and oxygen atoms in total. The van der Waals surface area contributed by atoms with E-state index in [-0.39, 0.29) is 54.3 Å². The van der Waals surface area contributed by atoms with Gasteiger partial charge in [0, 0.05) is 34.2 Å². The molecule has 1 aromatic carbocycles. The number of esters is 1. The van der Waals surface area contributed by atoms with Crippen molar-refractivity contribution in [1.29, 1.82) is 0 Å². The summed E-state index contributed by atoms with van der Waals surface area (Å²) >= 11 is 0. The Morgan fingerprint density at radius 2 is 1.68 bits per heavy atom. The van der Waals surface area contributed by atoms with Gasteiger partial charge in [-0.25, -0.2) is 4.79 Å². The molecular formula is C40H65N5O8. The van der Waals surface area contributed by atoms with Gasteiger partial charge in [0.1, 0.15) is 12.1 Å². The van der Waals surface area contributed by atoms with Crippen LogP contribution in [0.25, 0.3) is 0 Å². The quantitative estimate of drug-likeness (QED) is 0.181. The van der Waals surface area contributed by atoms with E-state index in [4.69, 9.17) is 14.2 Å². The maximum atomic E-state index is 14.2. The van der Waals surface area contributed by atoms with Gasteiger partial charge in [0.2, 0.25) is 23.6 Å². The standard InChI is InChI=1S/C40H65N5O8/c1-11-26(4)34(44(7)37(48)33(25(2)3)43-39(50)40(6)20-16-21-41-40)31(51-8)24-32(46)45-22-15-19-30(45)35(52-9)27(5)36(47)42-29(38(49)53-10)23-28-17-13-12-14-18-28/h12-14,17-18,25-27,29-31,33-35,41H,11,15-16,19-24H2,1-10H3,(H,42,47)(H,43,50)/t26-,27+,29-,30-,31+,33-,34-,35?,40-/m0/s1. The number of nitrogens with one attached hydrogen (secondary N) is 3. The molecule has 0 radical (unpaired) electrons. The summed E-state index contributed by atoms with van der Waals surface area (Å²) in [5.41, 5.74) is 0.155. The van der Waals surface area contributed by atoms with Gasteiger partial charge in [0.25, 0.3) is 0 Å². The maximum Gasteiger partial charge on any atom is 0.328 e. The molecule has 298 valence electrons. The van der Waals surface area contributed by atoms with Crippen molar-refractivity contribution in [3.63, 3.8) is 0 Å². The molecule has 1 unspecified atom stereocenters. The van der Waals surface area contributed by atoms with Crippen LogP contribution in [0.2, 0.25) is 0 Å². The predicted octanol–water partition coefficient (Wildman–Crippen LogP) is 3.09. The molecule has 2 fully saturated rings. The Morgan fingerprint density at radius 3 is 2.23 bits per heavy atom. The normalized spacial score (nSPS) is 22.6. The lowest BCUT2D eigenvalue weighted by atomic mass is 9.89. The third-order valence-electron chi connectivity index (χ3n) is 11.4. The van der Waals surface area contributed by atoms with Crippen molar-refractivity contribution in [2.24, 2.45) is 17.8 Å². The van der Waals surface area contributed by atoms with E-state index in [1.165, 1.54) is 14.2 Å². The van der Waals surface area contributed by atoms with Crippen molar-refractivity contribution < 1.29 is 38.2 Å². The van der Waals surface area contributed by atoms with Crippen molar-refractivity contribution in [3.05, 3.63) is 35.9 Å². The Balaban J connectivity index is 1.77. The topological polar surface area (TPSA) is 156 Å². The fourth-order valence-corrected chi connectivity index (χ4v) is 7.92. The molecule has 3 rings (SSSR count). The van der Waals surface area contributed by atoms with Crippen molar-refractivity contribution >= 4 is 29.6 Å². The minimum absolute atomic E-state index is 0.0127. The predicted molar refractivity (Wildman–Crippen MR) is 203 cm³/mol. The third-order valence-corrected chi connectivity index (χ3v) is 11.4. The molecule has 2 aliphatic heterocycles. The first-order chi connectivity index (χ1) is 25.1. The molecule has 4 amide bonds. The summed E-state index contributed by atoms with van der Waals surface area (Å²) in [5, 5.41) is 9.16. The first-order valence-corrected chi connectivity index (χ1v) is 19.2. The van der Waals surface area contributed by atoms with Gasteiger partial charge in [-0.15, -0.1) is 0 Å². The highest BCUT2D eigenvalue weighted by atomic mass is 16.5. The van der Waals surface area contributed by atoms with E-state index in [1.807, 2.05) is 65.0 Å². The van der Waals surface area contributed by atoms with Crippen molar-refractivity contribution in [2.45, 2.75) is 128 Å². The lowest BCUT2D eigenvalue weighted by Gasteiger charge is -2.41. The molecule has 9 atom stereocenters. The number of amides is 4. The molecule has 3 N–H and O–H groups in total. The average molecular weight is 744 g/mol. The number of hydrogen-bond donors (Lipinski definition) is 3. The van der Waals surface area contributed by atoms with Crippen LogP contribution in [0.4, 0.5) is 0 Å². The molecule has 1 aromatic rings. The van der Waals surface area contributed by atoms with Crippen LogP contribution in [0.15, 0.2) is 30.3 Å². The van der Waals surface area contributed by atoms with Crippen LogP contribution in [0.3, 0.4) is 0 Å². The largest absolute Gasteiger partial charge is 0.467 e. The van der Waals surface area contributed by atoms with Crippen LogP contribution >= 0.6 is 0 Å². The summed E-state index contributed by atoms with van der Waals surface area (Å²) in [6.45, 7) is 12.8. The summed E-state index contributed by atoms with van der Waals surface area (Å²) in [5.74, 6) is -2.40. The van der Waals surface area contributed by atoms with Crippen LogP contribution in [0.1, 0.15) is 85.6 Å². The molecule has 0 spiro atoms. The fraction of sp³-hybridized carbons (Fsp3) is 0.725. The minimum atomic E-state index is -0.887. The fourth-order valence-electron chi connectivity index (χ4n) is 7.92. The van der Waals surface area contributed by atoms with E-state index in [2.05, 4.69) is 16.0 Å². The van der Waals surface area contributed by atoms with Crippen LogP contribution in [-0.2, 0) is 44.6 Å². The van der Waals surface area contributed by atoms with Gasteiger partial charge >= 0.3 is 5.97 Å². The van der Waals surface area contributed by atoms with E-state index >= 15 is 0 Å². The summed E-state index contributed by atoms with van der Waals surface area (Å²) in [6, 6.07) is 6.90. The van der Waals surface area contributed by atoms with Gasteiger partial charge < -0.3 is 40.0 Å². The van der Waals surface area contributed by atoms with Gasteiger partial charge in [-0.05, 0) is 56.6 Å². The number of methoxy groups -OCH3 is 3. The Labute approximate surface area is 316 Å². The Morgan fingerprint density at radius 1 is 1.00 bits per heavy atom. The van der Waals surface area contributed by atoms with Gasteiger partial charge in [-0.1, -0.05) is 71.4 Å². The number of benzene rings is 1. The zero-order valence-corrected chi connectivity index (χ0v) is 33.6. The molecule has 0 aromatic heterocycles. The smallest absolute Gasteiger partial charge is 0.328 e. The number of carbonyl (C=O) groups is 5. The first kappa shape index (κ1) is 43.9. The Kier molecular flexibility index (Phi) is 16.7. The van der Waals surface area contributed by atoms with E-state index in [0.29, 0.717) is 19.4 Å². The molecule has 2 saturated heterocycles. The Bertz CT molecular complexity index is 1370. The third kappa shape index (κ3) is 11.0. The number of ether oxygens (including phenoxy) is 3. The monoisotopic (exact) mass is 743 g/mol. The highest BCUT2D eigenvalue weighted by Crippen LogP contribution is 2.30. The number of likely N-dealkylation sites (tertiary alicyclic amines) is 1.